The Morgan fingerprint density at radius 1 is 1.33 bits per heavy atom. The molecule has 1 unspecified atom stereocenters. The molecule has 196 valence electrons. The molecule has 0 aliphatic carbocycles. The lowest BCUT2D eigenvalue weighted by Gasteiger charge is -2.32. The molecule has 2 heterocycles. The van der Waals surface area contributed by atoms with Crippen LogP contribution in [-0.2, 0) is 38.2 Å². The van der Waals surface area contributed by atoms with E-state index in [9.17, 15) is 29.1 Å². The first kappa shape index (κ1) is 28.0. The van der Waals surface area contributed by atoms with E-state index >= 15 is 0 Å². The van der Waals surface area contributed by atoms with E-state index < -0.39 is 54.2 Å². The summed E-state index contributed by atoms with van der Waals surface area (Å²) in [6, 6.07) is 1.33. The molecule has 36 heavy (non-hydrogen) atoms. The molecule has 16 heteroatoms. The molecule has 0 saturated carbocycles. The molecular weight excluding hydrogens is 504 g/mol. The van der Waals surface area contributed by atoms with Crippen LogP contribution in [0.4, 0.5) is 4.79 Å². The van der Waals surface area contributed by atoms with Crippen LogP contribution in [-0.4, -0.2) is 77.9 Å². The fourth-order valence-electron chi connectivity index (χ4n) is 2.85. The van der Waals surface area contributed by atoms with Crippen molar-refractivity contribution in [3.63, 3.8) is 0 Å². The number of hydrogen-bond acceptors (Lipinski definition) is 13. The van der Waals surface area contributed by atoms with Crippen LogP contribution in [0.2, 0.25) is 0 Å². The van der Waals surface area contributed by atoms with Gasteiger partial charge in [-0.3, -0.25) is 9.59 Å². The Labute approximate surface area is 208 Å². The van der Waals surface area contributed by atoms with Crippen LogP contribution in [0.1, 0.15) is 19.6 Å². The standard InChI is InChI=1S/C20H24N4O11S/c1-9(25)34-10(2)35-19(29)13-11(7-33-20(21)30)8-36-17(23-13)15(18(27)28)22-16(26)14(24-31-3)12-5-4-6-32-12/h4-6,10,15,17,23H,7-8H2,1-3H3,(H2,21,30)(H,22,26)(H,27,28)/b24-14-/t10?,15-,17+/m0/s1. The molecule has 0 spiro atoms. The first-order valence-corrected chi connectivity index (χ1v) is 11.2. The number of nitrogens with zero attached hydrogens (tertiary/aromatic N) is 1. The van der Waals surface area contributed by atoms with Crippen molar-refractivity contribution >= 4 is 47.4 Å². The lowest BCUT2D eigenvalue weighted by molar-refractivity contribution is -0.180. The molecule has 0 fully saturated rings. The number of primary amides is 1. The zero-order chi connectivity index (χ0) is 26.8. The fraction of sp³-hybridized carbons (Fsp3) is 0.400. The van der Waals surface area contributed by atoms with Gasteiger partial charge in [-0.25, -0.2) is 14.4 Å². The van der Waals surface area contributed by atoms with E-state index in [0.717, 1.165) is 18.7 Å². The number of ether oxygens (including phenoxy) is 3. The highest BCUT2D eigenvalue weighted by Crippen LogP contribution is 2.26. The maximum Gasteiger partial charge on any atom is 0.404 e. The average molecular weight is 528 g/mol. The van der Waals surface area contributed by atoms with Crippen molar-refractivity contribution in [2.45, 2.75) is 31.6 Å². The van der Waals surface area contributed by atoms with Gasteiger partial charge < -0.3 is 44.9 Å². The van der Waals surface area contributed by atoms with E-state index in [1.165, 1.54) is 32.4 Å². The summed E-state index contributed by atoms with van der Waals surface area (Å²) >= 11 is 0.990. The maximum absolute atomic E-state index is 12.8. The number of rotatable bonds is 11. The number of carbonyl (C=O) groups excluding carboxylic acids is 4. The monoisotopic (exact) mass is 528 g/mol. The number of oxime groups is 1. The second kappa shape index (κ2) is 13.0. The predicted molar refractivity (Wildman–Crippen MR) is 121 cm³/mol. The van der Waals surface area contributed by atoms with Gasteiger partial charge in [0.25, 0.3) is 5.91 Å². The summed E-state index contributed by atoms with van der Waals surface area (Å²) in [5, 5.41) is 17.3. The maximum atomic E-state index is 12.8. The van der Waals surface area contributed by atoms with Gasteiger partial charge in [0, 0.05) is 25.2 Å². The van der Waals surface area contributed by atoms with Crippen LogP contribution < -0.4 is 16.4 Å². The van der Waals surface area contributed by atoms with Gasteiger partial charge in [0.1, 0.15) is 24.8 Å². The minimum Gasteiger partial charge on any atom is -0.480 e. The zero-order valence-corrected chi connectivity index (χ0v) is 20.2. The largest absolute Gasteiger partial charge is 0.480 e. The van der Waals surface area contributed by atoms with Crippen molar-refractivity contribution < 1.29 is 52.5 Å². The van der Waals surface area contributed by atoms with E-state index in [1.807, 2.05) is 0 Å². The van der Waals surface area contributed by atoms with Crippen LogP contribution >= 0.6 is 11.8 Å². The van der Waals surface area contributed by atoms with Gasteiger partial charge in [-0.15, -0.1) is 11.8 Å². The second-order valence-electron chi connectivity index (χ2n) is 6.93. The highest BCUT2D eigenvalue weighted by molar-refractivity contribution is 8.00. The molecule has 2 amide bonds. The van der Waals surface area contributed by atoms with Crippen LogP contribution in [0.3, 0.4) is 0 Å². The van der Waals surface area contributed by atoms with E-state index in [4.69, 9.17) is 24.4 Å². The van der Waals surface area contributed by atoms with Crippen LogP contribution in [0.15, 0.2) is 39.2 Å². The molecule has 1 aliphatic heterocycles. The number of carbonyl (C=O) groups is 5. The van der Waals surface area contributed by atoms with Crippen molar-refractivity contribution in [3.8, 4) is 0 Å². The predicted octanol–water partition coefficient (Wildman–Crippen LogP) is -0.336. The van der Waals surface area contributed by atoms with Crippen molar-refractivity contribution in [2.24, 2.45) is 10.9 Å². The Morgan fingerprint density at radius 3 is 2.61 bits per heavy atom. The Kier molecular flexibility index (Phi) is 10.1. The summed E-state index contributed by atoms with van der Waals surface area (Å²) < 4.78 is 19.7. The number of nitrogens with two attached hydrogens (primary N) is 1. The lowest BCUT2D eigenvalue weighted by atomic mass is 10.2. The molecule has 0 saturated heterocycles. The number of esters is 2. The van der Waals surface area contributed by atoms with Crippen molar-refractivity contribution in [1.82, 2.24) is 10.6 Å². The van der Waals surface area contributed by atoms with Crippen molar-refractivity contribution in [2.75, 3.05) is 19.5 Å². The third-order valence-corrected chi connectivity index (χ3v) is 5.55. The number of aliphatic carboxylic acids is 1. The van der Waals surface area contributed by atoms with Crippen LogP contribution in [0.25, 0.3) is 0 Å². The van der Waals surface area contributed by atoms with Gasteiger partial charge in [-0.2, -0.15) is 0 Å². The van der Waals surface area contributed by atoms with Gasteiger partial charge in [-0.05, 0) is 12.1 Å². The SMILES string of the molecule is CO/N=C(\C(=O)N[C@H](C(=O)O)[C@@H]1NC(C(=O)OC(C)OC(C)=O)=C(COC(N)=O)CS1)c1ccco1. The third-order valence-electron chi connectivity index (χ3n) is 4.28. The molecule has 3 atom stereocenters. The van der Waals surface area contributed by atoms with Gasteiger partial charge in [0.15, 0.2) is 11.8 Å². The Morgan fingerprint density at radius 2 is 2.06 bits per heavy atom. The van der Waals surface area contributed by atoms with E-state index in [2.05, 4.69) is 20.6 Å². The molecule has 0 radical (unpaired) electrons. The lowest BCUT2D eigenvalue weighted by Crippen LogP contribution is -2.56. The third kappa shape index (κ3) is 7.93. The molecule has 1 aromatic rings. The minimum atomic E-state index is -1.59. The van der Waals surface area contributed by atoms with E-state index in [-0.39, 0.29) is 28.5 Å². The highest BCUT2D eigenvalue weighted by atomic mass is 32.2. The molecule has 1 aromatic heterocycles. The summed E-state index contributed by atoms with van der Waals surface area (Å²) in [4.78, 5) is 64.4. The number of thioether (sulfide) groups is 1. The summed E-state index contributed by atoms with van der Waals surface area (Å²) in [5.74, 6) is -4.08. The molecule has 2 rings (SSSR count). The van der Waals surface area contributed by atoms with E-state index in [0.29, 0.717) is 0 Å². The first-order chi connectivity index (χ1) is 17.0. The molecule has 5 N–H and O–H groups in total. The Balaban J connectivity index is 2.27. The van der Waals surface area contributed by atoms with Crippen LogP contribution in [0.5, 0.6) is 0 Å². The van der Waals surface area contributed by atoms with Crippen molar-refractivity contribution in [1.29, 1.82) is 0 Å². The van der Waals surface area contributed by atoms with E-state index in [1.54, 1.807) is 0 Å². The number of carboxylic acids is 1. The Hall–Kier alpha value is -4.21. The summed E-state index contributed by atoms with van der Waals surface area (Å²) in [6.45, 7) is 2.01. The normalized spacial score (nSPS) is 17.2. The molecule has 0 aromatic carbocycles. The summed E-state index contributed by atoms with van der Waals surface area (Å²) in [7, 11) is 1.19. The molecule has 1 aliphatic rings. The molecule has 0 bridgehead atoms. The highest BCUT2D eigenvalue weighted by Gasteiger charge is 2.37. The topological polar surface area (TPSA) is 218 Å². The van der Waals surface area contributed by atoms with Gasteiger partial charge in [0.2, 0.25) is 12.0 Å². The second-order valence-corrected chi connectivity index (χ2v) is 8.06. The number of hydrogen-bond donors (Lipinski definition) is 4. The number of carboxylic acid groups (broad SMARTS) is 1. The summed E-state index contributed by atoms with van der Waals surface area (Å²) in [5.41, 5.74) is 4.62. The zero-order valence-electron chi connectivity index (χ0n) is 19.3. The number of nitrogens with one attached hydrogen (secondary N) is 2. The average Bonchev–Trinajstić information content (AvgIpc) is 3.33. The summed E-state index contributed by atoms with van der Waals surface area (Å²) in [6.07, 6.45) is -1.09. The minimum absolute atomic E-state index is 0.00578. The van der Waals surface area contributed by atoms with Gasteiger partial charge >= 0.3 is 24.0 Å². The number of amides is 2. The van der Waals surface area contributed by atoms with Crippen LogP contribution in [0, 0.1) is 0 Å². The molecular formula is C20H24N4O11S. The quantitative estimate of drug-likeness (QED) is 0.125. The first-order valence-electron chi connectivity index (χ1n) is 10.1. The van der Waals surface area contributed by atoms with Crippen molar-refractivity contribution in [3.05, 3.63) is 35.4 Å². The fourth-order valence-corrected chi connectivity index (χ4v) is 4.04. The van der Waals surface area contributed by atoms with Gasteiger partial charge in [-0.1, -0.05) is 5.16 Å². The number of furan rings is 1. The van der Waals surface area contributed by atoms with Gasteiger partial charge in [0.05, 0.1) is 6.26 Å². The smallest absolute Gasteiger partial charge is 0.404 e. The Bertz CT molecular complexity index is 1050. The molecule has 15 nitrogen and oxygen atoms in total.